The smallest absolute Gasteiger partial charge is 0.352 e. The second kappa shape index (κ2) is 11.3. The van der Waals surface area contributed by atoms with Crippen LogP contribution >= 0.6 is 0 Å². The minimum Gasteiger partial charge on any atom is -0.414 e. The van der Waals surface area contributed by atoms with Gasteiger partial charge in [0.1, 0.15) is 0 Å². The van der Waals surface area contributed by atoms with E-state index in [2.05, 4.69) is 99.7 Å². The second-order valence-corrected chi connectivity index (χ2v) is 24.1. The molecule has 2 bridgehead atoms. The third-order valence-electron chi connectivity index (χ3n) is 15.8. The Labute approximate surface area is 296 Å². The Morgan fingerprint density at radius 1 is 0.857 bits per heavy atom. The highest BCUT2D eigenvalue weighted by Gasteiger charge is 2.75. The summed E-state index contributed by atoms with van der Waals surface area (Å²) in [6, 6.07) is 9.62. The van der Waals surface area contributed by atoms with Crippen molar-refractivity contribution in [3.8, 4) is 5.69 Å². The quantitative estimate of drug-likeness (QED) is 0.216. The van der Waals surface area contributed by atoms with E-state index in [0.717, 1.165) is 38.5 Å². The van der Waals surface area contributed by atoms with Gasteiger partial charge in [-0.05, 0) is 110 Å². The van der Waals surface area contributed by atoms with Gasteiger partial charge in [0, 0.05) is 17.9 Å². The number of nitrogens with zero attached hydrogens (tertiary/aromatic N) is 3. The first-order chi connectivity index (χ1) is 22.9. The molecular weight excluding hydrogens is 623 g/mol. The molecule has 3 saturated carbocycles. The fourth-order valence-corrected chi connectivity index (χ4v) is 13.1. The molecule has 6 nitrogen and oxygen atoms in total. The second-order valence-electron chi connectivity index (χ2n) is 19.3. The largest absolute Gasteiger partial charge is 0.414 e. The Morgan fingerprint density at radius 3 is 2.18 bits per heavy atom. The van der Waals surface area contributed by atoms with Crippen molar-refractivity contribution in [2.75, 3.05) is 0 Å². The molecular formula is C42H63N3O3Si. The van der Waals surface area contributed by atoms with Crippen LogP contribution in [0.15, 0.2) is 64.2 Å². The molecule has 7 heteroatoms. The third kappa shape index (κ3) is 4.65. The number of fused-ring (bicyclic) bond motifs is 1. The van der Waals surface area contributed by atoms with Gasteiger partial charge in [-0.1, -0.05) is 105 Å². The molecule has 3 heterocycles. The molecule has 10 atom stereocenters. The summed E-state index contributed by atoms with van der Waals surface area (Å²) in [5.41, 5.74) is -0.956. The van der Waals surface area contributed by atoms with Crippen molar-refractivity contribution >= 4 is 8.32 Å². The average Bonchev–Trinajstić information content (AvgIpc) is 3.54. The molecule has 0 radical (unpaired) electrons. The number of aromatic nitrogens is 3. The molecule has 0 saturated heterocycles. The summed E-state index contributed by atoms with van der Waals surface area (Å²) >= 11 is 0. The minimum atomic E-state index is -2.06. The van der Waals surface area contributed by atoms with Crippen molar-refractivity contribution in [1.29, 1.82) is 0 Å². The maximum atomic E-state index is 15.1. The molecule has 6 aliphatic rings. The number of rotatable bonds is 7. The molecule has 8 rings (SSSR count). The Hall–Kier alpha value is -2.38. The fraction of sp³-hybridized carbons (Fsp3) is 0.714. The van der Waals surface area contributed by atoms with E-state index in [4.69, 9.17) is 4.43 Å². The van der Waals surface area contributed by atoms with E-state index in [0.29, 0.717) is 29.4 Å². The lowest BCUT2D eigenvalue weighted by Crippen LogP contribution is -2.76. The summed E-state index contributed by atoms with van der Waals surface area (Å²) in [6.07, 6.45) is 17.1. The van der Waals surface area contributed by atoms with Gasteiger partial charge in [-0.3, -0.25) is 0 Å². The summed E-state index contributed by atoms with van der Waals surface area (Å²) in [4.78, 5) is 30.1. The molecule has 2 spiro atoms. The molecule has 3 fully saturated rings. The maximum absolute atomic E-state index is 15.1. The molecule has 4 aliphatic carbocycles. The van der Waals surface area contributed by atoms with Crippen molar-refractivity contribution in [3.63, 3.8) is 0 Å². The van der Waals surface area contributed by atoms with E-state index < -0.39 is 19.4 Å². The van der Waals surface area contributed by atoms with Crippen LogP contribution in [0.5, 0.6) is 0 Å². The van der Waals surface area contributed by atoms with E-state index in [-0.39, 0.29) is 45.2 Å². The summed E-state index contributed by atoms with van der Waals surface area (Å²) in [7, 11) is -2.06. The standard InChI is InChI=1S/C42H63N3O3Si/c1-28(2)29(3)17-18-30(4)33-19-20-34-39(33,8)23-22-35-40(9)24-21-32(48-49(10,11)38(5,6)7)27-41(40)25-26-42(34,35)45-37(47)43(36(46)44(41)45)31-15-13-12-14-16-31/h12-18,25-26,28-30,32-35H,19-24,27H2,1-11H3/b18-17+/t29-,30+,32-,33+,34+,35?,39+,40+,41+,42-/m0/s1. The van der Waals surface area contributed by atoms with Gasteiger partial charge >= 0.3 is 11.4 Å². The van der Waals surface area contributed by atoms with Gasteiger partial charge in [0.2, 0.25) is 0 Å². The van der Waals surface area contributed by atoms with Gasteiger partial charge in [0.15, 0.2) is 8.32 Å². The molecule has 2 aromatic rings. The first-order valence-electron chi connectivity index (χ1n) is 19.5. The SMILES string of the molecule is CC(C)[C@@H](C)/C=C/[C@@H](C)[C@H]1CC[C@@H]2[C@]1(C)CCC1[C@]23C=C[C@]2(C[C@@H](O[Si](C)(C)C(C)(C)C)CC[C@]12C)n1c(=O)n(-c2ccccc2)c(=O)n13. The lowest BCUT2D eigenvalue weighted by atomic mass is 9.40. The molecule has 1 unspecified atom stereocenters. The molecule has 268 valence electrons. The van der Waals surface area contributed by atoms with Crippen LogP contribution in [0.3, 0.4) is 0 Å². The lowest BCUT2D eigenvalue weighted by Gasteiger charge is -2.71. The van der Waals surface area contributed by atoms with Crippen LogP contribution in [0.2, 0.25) is 18.1 Å². The average molecular weight is 686 g/mol. The molecule has 0 N–H and O–H groups in total. The number of hydrogen-bond donors (Lipinski definition) is 0. The fourth-order valence-electron chi connectivity index (χ4n) is 11.7. The maximum Gasteiger partial charge on any atom is 0.352 e. The lowest BCUT2D eigenvalue weighted by molar-refractivity contribution is -0.198. The molecule has 1 aromatic carbocycles. The zero-order chi connectivity index (χ0) is 35.5. The topological polar surface area (TPSA) is 58.2 Å². The first-order valence-corrected chi connectivity index (χ1v) is 22.4. The summed E-state index contributed by atoms with van der Waals surface area (Å²) in [6.45, 7) is 26.0. The van der Waals surface area contributed by atoms with Crippen LogP contribution in [0.25, 0.3) is 5.69 Å². The van der Waals surface area contributed by atoms with E-state index in [1.165, 1.54) is 11.0 Å². The van der Waals surface area contributed by atoms with E-state index in [1.807, 2.05) is 39.7 Å². The Morgan fingerprint density at radius 2 is 1.53 bits per heavy atom. The van der Waals surface area contributed by atoms with Gasteiger partial charge < -0.3 is 4.43 Å². The Bertz CT molecular complexity index is 1780. The van der Waals surface area contributed by atoms with E-state index in [1.54, 1.807) is 0 Å². The van der Waals surface area contributed by atoms with E-state index >= 15 is 9.59 Å². The number of benzene rings is 1. The van der Waals surface area contributed by atoms with Crippen LogP contribution in [-0.4, -0.2) is 28.4 Å². The highest BCUT2D eigenvalue weighted by molar-refractivity contribution is 6.74. The zero-order valence-corrected chi connectivity index (χ0v) is 33.3. The van der Waals surface area contributed by atoms with Crippen molar-refractivity contribution in [2.24, 2.45) is 46.3 Å². The Balaban J connectivity index is 1.40. The van der Waals surface area contributed by atoms with Crippen LogP contribution in [0.4, 0.5) is 0 Å². The Kier molecular flexibility index (Phi) is 8.09. The zero-order valence-electron chi connectivity index (χ0n) is 32.3. The highest BCUT2D eigenvalue weighted by atomic mass is 28.4. The van der Waals surface area contributed by atoms with Crippen molar-refractivity contribution in [1.82, 2.24) is 13.9 Å². The van der Waals surface area contributed by atoms with Crippen molar-refractivity contribution < 1.29 is 4.43 Å². The summed E-state index contributed by atoms with van der Waals surface area (Å²) in [5, 5.41) is 0.0944. The normalized spacial score (nSPS) is 38.0. The molecule has 0 amide bonds. The minimum absolute atomic E-state index is 0.0466. The number of allylic oxidation sites excluding steroid dienone is 4. The van der Waals surface area contributed by atoms with Gasteiger partial charge in [-0.25, -0.2) is 23.5 Å². The van der Waals surface area contributed by atoms with Crippen LogP contribution in [0, 0.1) is 46.3 Å². The molecule has 1 aromatic heterocycles. The monoisotopic (exact) mass is 685 g/mol. The van der Waals surface area contributed by atoms with Gasteiger partial charge in [0.05, 0.1) is 16.8 Å². The molecule has 2 aliphatic heterocycles. The van der Waals surface area contributed by atoms with Gasteiger partial charge in [0.25, 0.3) is 0 Å². The number of para-hydroxylation sites is 1. The third-order valence-corrected chi connectivity index (χ3v) is 20.3. The predicted octanol–water partition coefficient (Wildman–Crippen LogP) is 9.28. The van der Waals surface area contributed by atoms with Gasteiger partial charge in [-0.2, -0.15) is 0 Å². The van der Waals surface area contributed by atoms with Gasteiger partial charge in [-0.15, -0.1) is 0 Å². The van der Waals surface area contributed by atoms with Crippen molar-refractivity contribution in [3.05, 3.63) is 75.6 Å². The summed E-state index contributed by atoms with van der Waals surface area (Å²) < 4.78 is 12.7. The van der Waals surface area contributed by atoms with Crippen LogP contribution in [-0.2, 0) is 15.5 Å². The van der Waals surface area contributed by atoms with Crippen LogP contribution in [0.1, 0.15) is 107 Å². The summed E-state index contributed by atoms with van der Waals surface area (Å²) in [5.74, 6) is 2.75. The van der Waals surface area contributed by atoms with Crippen LogP contribution < -0.4 is 11.4 Å². The first kappa shape index (κ1) is 35.0. The number of hydrogen-bond acceptors (Lipinski definition) is 3. The van der Waals surface area contributed by atoms with Crippen molar-refractivity contribution in [2.45, 2.75) is 143 Å². The predicted molar refractivity (Wildman–Crippen MR) is 203 cm³/mol. The highest BCUT2D eigenvalue weighted by Crippen LogP contribution is 2.74. The van der Waals surface area contributed by atoms with E-state index in [9.17, 15) is 0 Å². The molecule has 49 heavy (non-hydrogen) atoms.